The molecule has 4 rings (SSSR count). The molecule has 3 aromatic rings. The second-order valence-electron chi connectivity index (χ2n) is 7.66. The van der Waals surface area contributed by atoms with Crippen LogP contribution in [0.1, 0.15) is 17.7 Å². The number of amides is 2. The third-order valence-electron chi connectivity index (χ3n) is 5.53. The molecule has 1 aromatic heterocycles. The third-order valence-corrected chi connectivity index (χ3v) is 5.91. The molecule has 8 heteroatoms. The largest absolute Gasteiger partial charge is 0.497 e. The number of hydrogen-bond donors (Lipinski definition) is 1. The van der Waals surface area contributed by atoms with E-state index < -0.39 is 6.04 Å². The van der Waals surface area contributed by atoms with E-state index in [4.69, 9.17) is 21.4 Å². The van der Waals surface area contributed by atoms with Crippen LogP contribution in [0.15, 0.2) is 77.4 Å². The summed E-state index contributed by atoms with van der Waals surface area (Å²) in [6.45, 7) is 0.888. The SMILES string of the molecule is COc1ccc(N2C(=O)C[C@@H](N(Cc3ccco3)C(=S)NCCc3ccccc3)C2=O)cc1. The molecular weight excluding hydrogens is 438 g/mol. The van der Waals surface area contributed by atoms with Gasteiger partial charge in [0.05, 0.1) is 32.0 Å². The first-order valence-corrected chi connectivity index (χ1v) is 11.1. The first-order chi connectivity index (χ1) is 16.1. The van der Waals surface area contributed by atoms with E-state index in [-0.39, 0.29) is 24.8 Å². The van der Waals surface area contributed by atoms with Crippen molar-refractivity contribution in [1.82, 2.24) is 10.2 Å². The summed E-state index contributed by atoms with van der Waals surface area (Å²) in [5.74, 6) is 0.721. The first-order valence-electron chi connectivity index (χ1n) is 10.7. The van der Waals surface area contributed by atoms with E-state index in [0.29, 0.717) is 28.9 Å². The summed E-state index contributed by atoms with van der Waals surface area (Å²) in [4.78, 5) is 29.1. The lowest BCUT2D eigenvalue weighted by Gasteiger charge is -2.29. The maximum atomic E-state index is 13.4. The Morgan fingerprint density at radius 3 is 2.55 bits per heavy atom. The lowest BCUT2D eigenvalue weighted by molar-refractivity contribution is -0.122. The number of methoxy groups -OCH3 is 1. The fourth-order valence-corrected chi connectivity index (χ4v) is 4.11. The van der Waals surface area contributed by atoms with Crippen molar-refractivity contribution in [2.45, 2.75) is 25.4 Å². The number of furan rings is 1. The number of ether oxygens (including phenoxy) is 1. The van der Waals surface area contributed by atoms with Crippen LogP contribution in [0.2, 0.25) is 0 Å². The molecule has 1 fully saturated rings. The van der Waals surface area contributed by atoms with Gasteiger partial charge in [-0.25, -0.2) is 4.90 Å². The molecule has 1 atom stereocenters. The Kier molecular flexibility index (Phi) is 7.04. The zero-order chi connectivity index (χ0) is 23.2. The fraction of sp³-hybridized carbons (Fsp3) is 0.240. The van der Waals surface area contributed by atoms with Gasteiger partial charge in [0, 0.05) is 6.54 Å². The van der Waals surface area contributed by atoms with Gasteiger partial charge in [-0.2, -0.15) is 0 Å². The molecule has 1 aliphatic rings. The van der Waals surface area contributed by atoms with Crippen molar-refractivity contribution in [2.75, 3.05) is 18.6 Å². The van der Waals surface area contributed by atoms with Gasteiger partial charge in [0.2, 0.25) is 5.91 Å². The van der Waals surface area contributed by atoms with Gasteiger partial charge >= 0.3 is 0 Å². The van der Waals surface area contributed by atoms with Gasteiger partial charge in [-0.05, 0) is 60.6 Å². The highest BCUT2D eigenvalue weighted by molar-refractivity contribution is 7.80. The van der Waals surface area contributed by atoms with Gasteiger partial charge in [-0.15, -0.1) is 0 Å². The minimum absolute atomic E-state index is 0.0338. The second-order valence-corrected chi connectivity index (χ2v) is 8.05. The lowest BCUT2D eigenvalue weighted by atomic mass is 10.1. The minimum atomic E-state index is -0.721. The highest BCUT2D eigenvalue weighted by Crippen LogP contribution is 2.28. The number of nitrogens with zero attached hydrogens (tertiary/aromatic N) is 2. The number of benzene rings is 2. The van der Waals surface area contributed by atoms with E-state index in [1.54, 1.807) is 48.6 Å². The fourth-order valence-electron chi connectivity index (χ4n) is 3.82. The smallest absolute Gasteiger partial charge is 0.257 e. The second kappa shape index (κ2) is 10.3. The average molecular weight is 464 g/mol. The first kappa shape index (κ1) is 22.5. The number of nitrogens with one attached hydrogen (secondary N) is 1. The van der Waals surface area contributed by atoms with E-state index in [0.717, 1.165) is 6.42 Å². The number of carbonyl (C=O) groups excluding carboxylic acids is 2. The molecule has 0 aliphatic carbocycles. The van der Waals surface area contributed by atoms with Crippen LogP contribution in [0.5, 0.6) is 5.75 Å². The van der Waals surface area contributed by atoms with Gasteiger partial charge in [0.1, 0.15) is 17.6 Å². The lowest BCUT2D eigenvalue weighted by Crippen LogP contribution is -2.49. The van der Waals surface area contributed by atoms with Crippen LogP contribution in [-0.4, -0.2) is 41.5 Å². The van der Waals surface area contributed by atoms with Crippen LogP contribution in [0.4, 0.5) is 5.69 Å². The van der Waals surface area contributed by atoms with Gasteiger partial charge < -0.3 is 19.4 Å². The maximum Gasteiger partial charge on any atom is 0.257 e. The summed E-state index contributed by atoms with van der Waals surface area (Å²) in [5, 5.41) is 3.65. The molecule has 1 saturated heterocycles. The Bertz CT molecular complexity index is 1100. The van der Waals surface area contributed by atoms with Crippen LogP contribution in [-0.2, 0) is 22.6 Å². The molecule has 2 amide bonds. The number of hydrogen-bond acceptors (Lipinski definition) is 5. The normalized spacial score (nSPS) is 15.5. The van der Waals surface area contributed by atoms with Crippen LogP contribution in [0.25, 0.3) is 0 Å². The van der Waals surface area contributed by atoms with Gasteiger partial charge in [-0.1, -0.05) is 30.3 Å². The van der Waals surface area contributed by atoms with E-state index in [9.17, 15) is 9.59 Å². The molecule has 1 aliphatic heterocycles. The molecule has 170 valence electrons. The standard InChI is InChI=1S/C25H25N3O4S/c1-31-20-11-9-19(10-12-20)28-23(29)16-22(24(28)30)27(17-21-8-5-15-32-21)25(33)26-14-13-18-6-3-2-4-7-18/h2-12,15,22H,13-14,16-17H2,1H3,(H,26,33)/t22-/m1/s1. The summed E-state index contributed by atoms with van der Waals surface area (Å²) >= 11 is 5.65. The summed E-state index contributed by atoms with van der Waals surface area (Å²) in [5.41, 5.74) is 1.69. The molecule has 2 aromatic carbocycles. The van der Waals surface area contributed by atoms with Gasteiger partial charge in [-0.3, -0.25) is 9.59 Å². The topological polar surface area (TPSA) is 75.0 Å². The zero-order valence-electron chi connectivity index (χ0n) is 18.3. The number of carbonyl (C=O) groups is 2. The van der Waals surface area contributed by atoms with Gasteiger partial charge in [0.15, 0.2) is 5.11 Å². The van der Waals surface area contributed by atoms with Crippen LogP contribution < -0.4 is 15.0 Å². The molecule has 0 spiro atoms. The van der Waals surface area contributed by atoms with Crippen LogP contribution in [0, 0.1) is 0 Å². The predicted molar refractivity (Wildman–Crippen MR) is 129 cm³/mol. The summed E-state index contributed by atoms with van der Waals surface area (Å²) < 4.78 is 10.7. The molecule has 0 unspecified atom stereocenters. The number of anilines is 1. The van der Waals surface area contributed by atoms with Crippen molar-refractivity contribution < 1.29 is 18.7 Å². The average Bonchev–Trinajstić information content (AvgIpc) is 3.45. The highest BCUT2D eigenvalue weighted by atomic mass is 32.1. The van der Waals surface area contributed by atoms with Crippen molar-refractivity contribution in [3.63, 3.8) is 0 Å². The third kappa shape index (κ3) is 5.23. The number of rotatable bonds is 8. The number of imide groups is 1. The molecule has 7 nitrogen and oxygen atoms in total. The van der Waals surface area contributed by atoms with E-state index >= 15 is 0 Å². The van der Waals surface area contributed by atoms with Crippen molar-refractivity contribution >= 4 is 34.8 Å². The van der Waals surface area contributed by atoms with Crippen molar-refractivity contribution in [1.29, 1.82) is 0 Å². The number of thiocarbonyl (C=S) groups is 1. The van der Waals surface area contributed by atoms with E-state index in [1.807, 2.05) is 24.3 Å². The van der Waals surface area contributed by atoms with E-state index in [2.05, 4.69) is 17.4 Å². The van der Waals surface area contributed by atoms with E-state index in [1.165, 1.54) is 10.5 Å². The zero-order valence-corrected chi connectivity index (χ0v) is 19.1. The van der Waals surface area contributed by atoms with Crippen molar-refractivity contribution in [3.05, 3.63) is 84.3 Å². The Morgan fingerprint density at radius 2 is 1.88 bits per heavy atom. The Labute approximate surface area is 197 Å². The van der Waals surface area contributed by atoms with Gasteiger partial charge in [0.25, 0.3) is 5.91 Å². The highest BCUT2D eigenvalue weighted by Gasteiger charge is 2.43. The molecule has 33 heavy (non-hydrogen) atoms. The summed E-state index contributed by atoms with van der Waals surface area (Å²) in [7, 11) is 1.56. The minimum Gasteiger partial charge on any atom is -0.497 e. The quantitative estimate of drug-likeness (QED) is 0.405. The van der Waals surface area contributed by atoms with Crippen molar-refractivity contribution in [2.24, 2.45) is 0 Å². The Morgan fingerprint density at radius 1 is 1.12 bits per heavy atom. The molecule has 1 N–H and O–H groups in total. The monoisotopic (exact) mass is 463 g/mol. The van der Waals surface area contributed by atoms with Crippen LogP contribution in [0.3, 0.4) is 0 Å². The van der Waals surface area contributed by atoms with Crippen molar-refractivity contribution in [3.8, 4) is 5.75 Å². The molecular formula is C25H25N3O4S. The predicted octanol–water partition coefficient (Wildman–Crippen LogP) is 3.54. The maximum absolute atomic E-state index is 13.4. The van der Waals surface area contributed by atoms with Crippen LogP contribution >= 0.6 is 12.2 Å². The summed E-state index contributed by atoms with van der Waals surface area (Å²) in [6, 6.07) is 19.8. The Balaban J connectivity index is 1.50. The molecule has 0 saturated carbocycles. The summed E-state index contributed by atoms with van der Waals surface area (Å²) in [6.07, 6.45) is 2.39. The Hall–Kier alpha value is -3.65. The molecule has 0 radical (unpaired) electrons. The molecule has 2 heterocycles. The molecule has 0 bridgehead atoms.